The molecule has 4 heteroatoms. The molecule has 1 nitrogen and oxygen atoms in total. The first-order valence-corrected chi connectivity index (χ1v) is 9.42. The number of rotatable bonds is 2. The highest BCUT2D eigenvalue weighted by Crippen LogP contribution is 2.43. The number of allylic oxidation sites excluding steroid dienone is 4. The molecule has 0 aromatic heterocycles. The van der Waals surface area contributed by atoms with Crippen LogP contribution in [0.25, 0.3) is 16.7 Å². The highest BCUT2D eigenvalue weighted by Gasteiger charge is 2.31. The summed E-state index contributed by atoms with van der Waals surface area (Å²) >= 11 is 0. The fourth-order valence-electron chi connectivity index (χ4n) is 4.08. The smallest absolute Gasteiger partial charge is 0.210 e. The molecule has 0 saturated carbocycles. The summed E-state index contributed by atoms with van der Waals surface area (Å²) in [5.41, 5.74) is 7.53. The minimum atomic E-state index is -4.35. The minimum Gasteiger partial charge on any atom is -0.210 e. The van der Waals surface area contributed by atoms with Crippen molar-refractivity contribution in [2.24, 2.45) is 0 Å². The summed E-state index contributed by atoms with van der Waals surface area (Å²) in [6.45, 7) is 0. The summed E-state index contributed by atoms with van der Waals surface area (Å²) in [7, 11) is 0. The number of nitrogens with one attached hydrogen (secondary N) is 1. The van der Waals surface area contributed by atoms with Crippen molar-refractivity contribution in [3.63, 3.8) is 0 Å². The van der Waals surface area contributed by atoms with Crippen LogP contribution in [0.4, 0.5) is 18.9 Å². The van der Waals surface area contributed by atoms with E-state index in [1.54, 1.807) is 12.1 Å². The van der Waals surface area contributed by atoms with Crippen LogP contribution >= 0.6 is 0 Å². The molecule has 0 radical (unpaired) electrons. The average Bonchev–Trinajstić information content (AvgIpc) is 3.34. The molecule has 0 bridgehead atoms. The van der Waals surface area contributed by atoms with Gasteiger partial charge in [0.05, 0.1) is 16.7 Å². The number of hydrogen-bond donors (Lipinski definition) is 1. The minimum absolute atomic E-state index is 0.639. The second kappa shape index (κ2) is 6.59. The molecule has 0 saturated heterocycles. The van der Waals surface area contributed by atoms with Gasteiger partial charge in [0.2, 0.25) is 5.69 Å². The lowest BCUT2D eigenvalue weighted by molar-refractivity contribution is -0.342. The molecule has 3 aromatic rings. The fraction of sp³-hybridized carbons (Fsp3) is 0.0800. The van der Waals surface area contributed by atoms with Crippen LogP contribution in [0, 0.1) is 0 Å². The molecule has 1 aliphatic carbocycles. The number of halogens is 3. The summed E-state index contributed by atoms with van der Waals surface area (Å²) in [4.78, 5) is 3.29. The van der Waals surface area contributed by atoms with E-state index < -0.39 is 11.7 Å². The van der Waals surface area contributed by atoms with Crippen molar-refractivity contribution >= 4 is 28.6 Å². The Bertz CT molecular complexity index is 1200. The molecule has 0 fully saturated rings. The summed E-state index contributed by atoms with van der Waals surface area (Å²) in [6, 6.07) is 21.6. The van der Waals surface area contributed by atoms with Gasteiger partial charge in [-0.3, -0.25) is 0 Å². The van der Waals surface area contributed by atoms with Crippen LogP contribution < -0.4 is 4.99 Å². The van der Waals surface area contributed by atoms with Crippen LogP contribution in [-0.4, -0.2) is 6.21 Å². The molecule has 29 heavy (non-hydrogen) atoms. The molecule has 2 aliphatic rings. The predicted octanol–water partition coefficient (Wildman–Crippen LogP) is 5.05. The third kappa shape index (κ3) is 3.01. The number of para-hydroxylation sites is 1. The van der Waals surface area contributed by atoms with Gasteiger partial charge in [0.15, 0.2) is 6.21 Å². The largest absolute Gasteiger partial charge is 0.416 e. The van der Waals surface area contributed by atoms with Gasteiger partial charge < -0.3 is 0 Å². The van der Waals surface area contributed by atoms with Gasteiger partial charge >= 0.3 is 6.18 Å². The number of benzene rings is 3. The first-order valence-electron chi connectivity index (χ1n) is 9.42. The molecule has 142 valence electrons. The molecule has 3 aromatic carbocycles. The number of alkyl halides is 3. The van der Waals surface area contributed by atoms with E-state index in [0.717, 1.165) is 57.7 Å². The Morgan fingerprint density at radius 2 is 1.48 bits per heavy atom. The van der Waals surface area contributed by atoms with Gasteiger partial charge in [0.1, 0.15) is 0 Å². The first-order chi connectivity index (χ1) is 14.0. The van der Waals surface area contributed by atoms with Gasteiger partial charge in [-0.1, -0.05) is 54.6 Å². The van der Waals surface area contributed by atoms with E-state index in [9.17, 15) is 13.2 Å². The molecule has 1 N–H and O–H groups in total. The average molecular weight is 388 g/mol. The van der Waals surface area contributed by atoms with E-state index in [1.165, 1.54) is 5.56 Å². The van der Waals surface area contributed by atoms with Gasteiger partial charge in [-0.15, -0.1) is 0 Å². The van der Waals surface area contributed by atoms with Crippen molar-refractivity contribution in [3.8, 4) is 0 Å². The zero-order chi connectivity index (χ0) is 20.0. The van der Waals surface area contributed by atoms with Gasteiger partial charge in [-0.05, 0) is 46.9 Å². The van der Waals surface area contributed by atoms with Crippen LogP contribution in [0.3, 0.4) is 0 Å². The van der Waals surface area contributed by atoms with Crippen molar-refractivity contribution in [3.05, 3.63) is 107 Å². The van der Waals surface area contributed by atoms with Crippen molar-refractivity contribution < 1.29 is 18.2 Å². The molecule has 0 unspecified atom stereocenters. The van der Waals surface area contributed by atoms with Crippen molar-refractivity contribution in [2.45, 2.75) is 12.6 Å². The maximum absolute atomic E-state index is 13.1. The Balaban J connectivity index is 1.73. The second-order valence-corrected chi connectivity index (χ2v) is 7.18. The summed E-state index contributed by atoms with van der Waals surface area (Å²) in [5, 5.41) is 0. The zero-order valence-electron chi connectivity index (χ0n) is 15.4. The molecule has 0 spiro atoms. The summed E-state index contributed by atoms with van der Waals surface area (Å²) in [6.07, 6.45) is 0.579. The van der Waals surface area contributed by atoms with Gasteiger partial charge in [0, 0.05) is 11.6 Å². The molecular formula is C25H17F3N+. The standard InChI is InChI=1S/C25H16F3N/c26-25(27,28)18-12-9-17(10-13-18)24(21-14-11-16-5-1-2-6-19(16)21)22-15-29-23-8-4-3-7-20(22)23/h1-10,12-15H,11H2/p+1. The highest BCUT2D eigenvalue weighted by atomic mass is 19.4. The third-order valence-corrected chi connectivity index (χ3v) is 5.46. The van der Waals surface area contributed by atoms with E-state index in [1.807, 2.05) is 42.6 Å². The Morgan fingerprint density at radius 3 is 2.24 bits per heavy atom. The third-order valence-electron chi connectivity index (χ3n) is 5.46. The summed E-state index contributed by atoms with van der Waals surface area (Å²) in [5.74, 6) is 0. The SMILES string of the molecule is FC(F)(F)c1ccc(C(C2=CCc3ccccc32)=C2C=[NH+]c3ccccc32)cc1. The van der Waals surface area contributed by atoms with Crippen molar-refractivity contribution in [2.75, 3.05) is 0 Å². The zero-order valence-corrected chi connectivity index (χ0v) is 15.4. The van der Waals surface area contributed by atoms with Gasteiger partial charge in [-0.2, -0.15) is 13.2 Å². The Labute approximate surface area is 166 Å². The van der Waals surface area contributed by atoms with E-state index in [2.05, 4.69) is 23.2 Å². The van der Waals surface area contributed by atoms with E-state index in [4.69, 9.17) is 0 Å². The fourth-order valence-corrected chi connectivity index (χ4v) is 4.08. The van der Waals surface area contributed by atoms with E-state index >= 15 is 0 Å². The molecule has 0 atom stereocenters. The lowest BCUT2D eigenvalue weighted by Gasteiger charge is -2.15. The Hall–Kier alpha value is -3.40. The monoisotopic (exact) mass is 388 g/mol. The van der Waals surface area contributed by atoms with E-state index in [0.29, 0.717) is 0 Å². The van der Waals surface area contributed by atoms with Crippen LogP contribution in [0.1, 0.15) is 27.8 Å². The molecule has 1 heterocycles. The number of hydrogen-bond acceptors (Lipinski definition) is 0. The van der Waals surface area contributed by atoms with Crippen molar-refractivity contribution in [1.82, 2.24) is 0 Å². The molecular weight excluding hydrogens is 371 g/mol. The second-order valence-electron chi connectivity index (χ2n) is 7.18. The van der Waals surface area contributed by atoms with Gasteiger partial charge in [0.25, 0.3) is 0 Å². The lowest BCUT2D eigenvalue weighted by atomic mass is 9.87. The quantitative estimate of drug-likeness (QED) is 0.631. The van der Waals surface area contributed by atoms with Crippen LogP contribution in [0.2, 0.25) is 0 Å². The molecule has 1 aliphatic heterocycles. The molecule has 0 amide bonds. The normalized spacial score (nSPS) is 16.4. The first kappa shape index (κ1) is 17.7. The van der Waals surface area contributed by atoms with Gasteiger partial charge in [-0.25, -0.2) is 4.99 Å². The highest BCUT2D eigenvalue weighted by molar-refractivity contribution is 6.30. The Morgan fingerprint density at radius 1 is 0.793 bits per heavy atom. The molecule has 5 rings (SSSR count). The maximum Gasteiger partial charge on any atom is 0.416 e. The lowest BCUT2D eigenvalue weighted by Crippen LogP contribution is -2.58. The topological polar surface area (TPSA) is 14.0 Å². The van der Waals surface area contributed by atoms with Crippen LogP contribution in [0.5, 0.6) is 0 Å². The van der Waals surface area contributed by atoms with Crippen LogP contribution in [-0.2, 0) is 12.6 Å². The predicted molar refractivity (Wildman–Crippen MR) is 110 cm³/mol. The van der Waals surface area contributed by atoms with Crippen LogP contribution in [0.15, 0.2) is 78.9 Å². The summed E-state index contributed by atoms with van der Waals surface area (Å²) < 4.78 is 39.2. The Kier molecular flexibility index (Phi) is 4.02. The van der Waals surface area contributed by atoms with E-state index in [-0.39, 0.29) is 0 Å². The van der Waals surface area contributed by atoms with Crippen molar-refractivity contribution in [1.29, 1.82) is 0 Å². The maximum atomic E-state index is 13.1. The number of fused-ring (bicyclic) bond motifs is 2.